The molecule has 2 rings (SSSR count). The van der Waals surface area contributed by atoms with E-state index in [-0.39, 0.29) is 16.7 Å². The summed E-state index contributed by atoms with van der Waals surface area (Å²) in [6, 6.07) is 4.53. The van der Waals surface area contributed by atoms with E-state index in [1.807, 2.05) is 0 Å². The second kappa shape index (κ2) is 3.94. The van der Waals surface area contributed by atoms with Crippen LogP contribution in [0.4, 0.5) is 0 Å². The molecular weight excluding hydrogens is 234 g/mol. The Kier molecular flexibility index (Phi) is 2.69. The molecule has 0 aromatic heterocycles. The average molecular weight is 247 g/mol. The Morgan fingerprint density at radius 1 is 1.17 bits per heavy atom. The Labute approximate surface area is 104 Å². The SMILES string of the molecule is CC(C)(C)OC(=O)c1cccc2c1C(=O)NC2=O. The average Bonchev–Trinajstić information content (AvgIpc) is 2.52. The van der Waals surface area contributed by atoms with Crippen LogP contribution >= 0.6 is 0 Å². The van der Waals surface area contributed by atoms with Gasteiger partial charge in [-0.25, -0.2) is 4.79 Å². The molecule has 1 N–H and O–H groups in total. The third-order valence-corrected chi connectivity index (χ3v) is 2.38. The summed E-state index contributed by atoms with van der Waals surface area (Å²) in [4.78, 5) is 35.0. The van der Waals surface area contributed by atoms with Crippen LogP contribution in [0.1, 0.15) is 51.8 Å². The minimum Gasteiger partial charge on any atom is -0.456 e. The summed E-state index contributed by atoms with van der Waals surface area (Å²) >= 11 is 0. The lowest BCUT2D eigenvalue weighted by Gasteiger charge is -2.20. The zero-order chi connectivity index (χ0) is 13.5. The fourth-order valence-corrected chi connectivity index (χ4v) is 1.72. The zero-order valence-electron chi connectivity index (χ0n) is 10.4. The number of nitrogens with one attached hydrogen (secondary N) is 1. The first kappa shape index (κ1) is 12.3. The summed E-state index contributed by atoms with van der Waals surface area (Å²) in [6.07, 6.45) is 0. The van der Waals surface area contributed by atoms with Crippen molar-refractivity contribution in [2.24, 2.45) is 0 Å². The molecule has 0 spiro atoms. The molecule has 0 radical (unpaired) electrons. The molecule has 5 nitrogen and oxygen atoms in total. The topological polar surface area (TPSA) is 72.5 Å². The molecule has 0 atom stereocenters. The molecule has 94 valence electrons. The molecule has 1 aromatic rings. The van der Waals surface area contributed by atoms with Gasteiger partial charge in [-0.1, -0.05) is 6.07 Å². The number of hydrogen-bond acceptors (Lipinski definition) is 4. The van der Waals surface area contributed by atoms with Gasteiger partial charge in [0, 0.05) is 0 Å². The summed E-state index contributed by atoms with van der Waals surface area (Å²) in [5, 5.41) is 2.15. The number of benzene rings is 1. The number of ether oxygens (including phenoxy) is 1. The van der Waals surface area contributed by atoms with Gasteiger partial charge in [0.2, 0.25) is 0 Å². The molecular formula is C13H13NO4. The molecule has 1 aliphatic heterocycles. The maximum atomic E-state index is 12.0. The first-order chi connectivity index (χ1) is 8.29. The quantitative estimate of drug-likeness (QED) is 0.603. The van der Waals surface area contributed by atoms with Crippen LogP contribution < -0.4 is 5.32 Å². The smallest absolute Gasteiger partial charge is 0.339 e. The minimum atomic E-state index is -0.654. The van der Waals surface area contributed by atoms with Crippen molar-refractivity contribution >= 4 is 17.8 Å². The molecule has 1 aromatic carbocycles. The molecule has 0 aliphatic carbocycles. The fourth-order valence-electron chi connectivity index (χ4n) is 1.72. The van der Waals surface area contributed by atoms with Crippen LogP contribution in [0.15, 0.2) is 18.2 Å². The fraction of sp³-hybridized carbons (Fsp3) is 0.308. The Morgan fingerprint density at radius 3 is 2.44 bits per heavy atom. The molecule has 5 heteroatoms. The lowest BCUT2D eigenvalue weighted by atomic mass is 10.0. The summed E-state index contributed by atoms with van der Waals surface area (Å²) in [7, 11) is 0. The zero-order valence-corrected chi connectivity index (χ0v) is 10.4. The predicted octanol–water partition coefficient (Wildman–Crippen LogP) is 1.53. The van der Waals surface area contributed by atoms with E-state index < -0.39 is 23.4 Å². The van der Waals surface area contributed by atoms with E-state index in [0.717, 1.165) is 0 Å². The van der Waals surface area contributed by atoms with E-state index in [9.17, 15) is 14.4 Å². The van der Waals surface area contributed by atoms with E-state index in [2.05, 4.69) is 5.32 Å². The largest absolute Gasteiger partial charge is 0.456 e. The summed E-state index contributed by atoms with van der Waals surface area (Å²) in [6.45, 7) is 5.21. The van der Waals surface area contributed by atoms with Crippen molar-refractivity contribution < 1.29 is 19.1 Å². The van der Waals surface area contributed by atoms with E-state index in [4.69, 9.17) is 4.74 Å². The third-order valence-electron chi connectivity index (χ3n) is 2.38. The molecule has 0 saturated heterocycles. The molecule has 18 heavy (non-hydrogen) atoms. The molecule has 0 bridgehead atoms. The van der Waals surface area contributed by atoms with Crippen molar-refractivity contribution in [3.05, 3.63) is 34.9 Å². The van der Waals surface area contributed by atoms with Crippen LogP contribution in [0.5, 0.6) is 0 Å². The van der Waals surface area contributed by atoms with Crippen molar-refractivity contribution in [3.63, 3.8) is 0 Å². The van der Waals surface area contributed by atoms with Gasteiger partial charge in [0.05, 0.1) is 16.7 Å². The van der Waals surface area contributed by atoms with Gasteiger partial charge in [0.15, 0.2) is 0 Å². The van der Waals surface area contributed by atoms with Crippen molar-refractivity contribution in [1.82, 2.24) is 5.32 Å². The van der Waals surface area contributed by atoms with Crippen molar-refractivity contribution in [2.45, 2.75) is 26.4 Å². The normalized spacial score (nSPS) is 14.2. The molecule has 0 fully saturated rings. The predicted molar refractivity (Wildman–Crippen MR) is 63.4 cm³/mol. The van der Waals surface area contributed by atoms with Gasteiger partial charge >= 0.3 is 5.97 Å². The molecule has 2 amide bonds. The number of carbonyl (C=O) groups is 3. The van der Waals surface area contributed by atoms with Gasteiger partial charge in [-0.2, -0.15) is 0 Å². The number of esters is 1. The molecule has 1 aliphatic rings. The van der Waals surface area contributed by atoms with Gasteiger partial charge in [0.1, 0.15) is 5.60 Å². The first-order valence-electron chi connectivity index (χ1n) is 5.51. The summed E-state index contributed by atoms with van der Waals surface area (Å²) in [5.74, 6) is -1.65. The maximum Gasteiger partial charge on any atom is 0.339 e. The third kappa shape index (κ3) is 2.11. The van der Waals surface area contributed by atoms with Crippen molar-refractivity contribution in [1.29, 1.82) is 0 Å². The van der Waals surface area contributed by atoms with Gasteiger partial charge in [-0.3, -0.25) is 14.9 Å². The van der Waals surface area contributed by atoms with Crippen LogP contribution in [-0.4, -0.2) is 23.4 Å². The molecule has 0 unspecified atom stereocenters. The van der Waals surface area contributed by atoms with Crippen LogP contribution in [0.25, 0.3) is 0 Å². The molecule has 0 saturated carbocycles. The van der Waals surface area contributed by atoms with E-state index in [0.29, 0.717) is 0 Å². The highest BCUT2D eigenvalue weighted by Gasteiger charge is 2.32. The Balaban J connectivity index is 2.45. The van der Waals surface area contributed by atoms with Crippen LogP contribution in [0.2, 0.25) is 0 Å². The Hall–Kier alpha value is -2.17. The summed E-state index contributed by atoms with van der Waals surface area (Å²) < 4.78 is 5.20. The van der Waals surface area contributed by atoms with Gasteiger partial charge < -0.3 is 4.74 Å². The Bertz CT molecular complexity index is 555. The standard InChI is InChI=1S/C13H13NO4/c1-13(2,3)18-12(17)8-6-4-5-7-9(8)11(16)14-10(7)15/h4-6H,1-3H3,(H,14,15,16). The number of rotatable bonds is 1. The van der Waals surface area contributed by atoms with Crippen LogP contribution in [0.3, 0.4) is 0 Å². The molecule has 1 heterocycles. The second-order valence-corrected chi connectivity index (χ2v) is 5.01. The number of carbonyl (C=O) groups excluding carboxylic acids is 3. The van der Waals surface area contributed by atoms with Gasteiger partial charge in [-0.05, 0) is 32.9 Å². The highest BCUT2D eigenvalue weighted by molar-refractivity contribution is 6.24. The second-order valence-electron chi connectivity index (χ2n) is 5.01. The van der Waals surface area contributed by atoms with Crippen molar-refractivity contribution in [2.75, 3.05) is 0 Å². The van der Waals surface area contributed by atoms with Crippen molar-refractivity contribution in [3.8, 4) is 0 Å². The van der Waals surface area contributed by atoms with E-state index in [1.54, 1.807) is 26.8 Å². The lowest BCUT2D eigenvalue weighted by Crippen LogP contribution is -2.25. The highest BCUT2D eigenvalue weighted by Crippen LogP contribution is 2.22. The van der Waals surface area contributed by atoms with E-state index in [1.165, 1.54) is 12.1 Å². The van der Waals surface area contributed by atoms with Gasteiger partial charge in [-0.15, -0.1) is 0 Å². The number of hydrogen-bond donors (Lipinski definition) is 1. The maximum absolute atomic E-state index is 12.0. The first-order valence-corrected chi connectivity index (χ1v) is 5.51. The monoisotopic (exact) mass is 247 g/mol. The Morgan fingerprint density at radius 2 is 1.83 bits per heavy atom. The number of fused-ring (bicyclic) bond motifs is 1. The highest BCUT2D eigenvalue weighted by atomic mass is 16.6. The van der Waals surface area contributed by atoms with E-state index >= 15 is 0 Å². The summed E-state index contributed by atoms with van der Waals surface area (Å²) in [5.41, 5.74) is -0.232. The van der Waals surface area contributed by atoms with Crippen LogP contribution in [-0.2, 0) is 4.74 Å². The lowest BCUT2D eigenvalue weighted by molar-refractivity contribution is 0.00677. The van der Waals surface area contributed by atoms with Gasteiger partial charge in [0.25, 0.3) is 11.8 Å². The number of amides is 2. The van der Waals surface area contributed by atoms with Crippen LogP contribution in [0, 0.1) is 0 Å². The number of imide groups is 1. The minimum absolute atomic E-state index is 0.0942.